The van der Waals surface area contributed by atoms with E-state index in [1.54, 1.807) is 4.90 Å². The molecule has 0 radical (unpaired) electrons. The van der Waals surface area contributed by atoms with E-state index in [0.717, 1.165) is 17.6 Å². The van der Waals surface area contributed by atoms with Crippen LogP contribution >= 0.6 is 0 Å². The van der Waals surface area contributed by atoms with Crippen molar-refractivity contribution in [1.82, 2.24) is 9.88 Å². The number of rotatable bonds is 2. The SMILES string of the molecule is CCC(=O)N1Cc2[nH]c3ccccc3c2CC1CO. The number of benzene rings is 1. The number of aromatic amines is 1. The van der Waals surface area contributed by atoms with E-state index in [1.807, 2.05) is 25.1 Å². The Morgan fingerprint density at radius 2 is 2.26 bits per heavy atom. The summed E-state index contributed by atoms with van der Waals surface area (Å²) in [5.74, 6) is 0.100. The van der Waals surface area contributed by atoms with Gasteiger partial charge in [-0.15, -0.1) is 0 Å². The molecule has 2 N–H and O–H groups in total. The van der Waals surface area contributed by atoms with Gasteiger partial charge in [-0.25, -0.2) is 0 Å². The summed E-state index contributed by atoms with van der Waals surface area (Å²) in [6.07, 6.45) is 1.20. The number of nitrogens with one attached hydrogen (secondary N) is 1. The number of aliphatic hydroxyl groups excluding tert-OH is 1. The zero-order valence-corrected chi connectivity index (χ0v) is 11.0. The topological polar surface area (TPSA) is 56.3 Å². The van der Waals surface area contributed by atoms with Gasteiger partial charge in [0.1, 0.15) is 0 Å². The first kappa shape index (κ1) is 12.2. The third-order valence-electron chi connectivity index (χ3n) is 3.94. The Hall–Kier alpha value is -1.81. The molecule has 1 aromatic heterocycles. The van der Waals surface area contributed by atoms with Crippen molar-refractivity contribution in [2.45, 2.75) is 32.4 Å². The summed E-state index contributed by atoms with van der Waals surface area (Å²) >= 11 is 0. The summed E-state index contributed by atoms with van der Waals surface area (Å²) in [6.45, 7) is 2.45. The fraction of sp³-hybridized carbons (Fsp3) is 0.400. The molecule has 4 heteroatoms. The highest BCUT2D eigenvalue weighted by Crippen LogP contribution is 2.30. The van der Waals surface area contributed by atoms with Gasteiger partial charge in [0.05, 0.1) is 19.2 Å². The van der Waals surface area contributed by atoms with Crippen LogP contribution in [0.5, 0.6) is 0 Å². The highest BCUT2D eigenvalue weighted by molar-refractivity contribution is 5.85. The minimum atomic E-state index is -0.0980. The van der Waals surface area contributed by atoms with Gasteiger partial charge in [0, 0.05) is 23.0 Å². The maximum Gasteiger partial charge on any atom is 0.222 e. The van der Waals surface area contributed by atoms with E-state index in [-0.39, 0.29) is 18.6 Å². The smallest absolute Gasteiger partial charge is 0.222 e. The molecule has 1 amide bonds. The average molecular weight is 258 g/mol. The van der Waals surface area contributed by atoms with E-state index < -0.39 is 0 Å². The normalized spacial score (nSPS) is 18.6. The maximum atomic E-state index is 12.0. The Balaban J connectivity index is 2.05. The number of carbonyl (C=O) groups excluding carboxylic acids is 1. The number of nitrogens with zero attached hydrogens (tertiary/aromatic N) is 1. The fourth-order valence-corrected chi connectivity index (χ4v) is 2.93. The maximum absolute atomic E-state index is 12.0. The number of para-hydroxylation sites is 1. The second kappa shape index (κ2) is 4.70. The number of fused-ring (bicyclic) bond motifs is 3. The minimum Gasteiger partial charge on any atom is -0.394 e. The van der Waals surface area contributed by atoms with Crippen LogP contribution in [0.2, 0.25) is 0 Å². The van der Waals surface area contributed by atoms with E-state index >= 15 is 0 Å². The number of H-pyrrole nitrogens is 1. The molecular formula is C15H18N2O2. The van der Waals surface area contributed by atoms with Crippen molar-refractivity contribution >= 4 is 16.8 Å². The number of carbonyl (C=O) groups is 1. The molecule has 2 heterocycles. The van der Waals surface area contributed by atoms with Gasteiger partial charge in [-0.1, -0.05) is 25.1 Å². The molecule has 3 rings (SSSR count). The Bertz CT molecular complexity index is 618. The van der Waals surface area contributed by atoms with Crippen LogP contribution in [0.4, 0.5) is 0 Å². The first-order valence-electron chi connectivity index (χ1n) is 6.73. The summed E-state index contributed by atoms with van der Waals surface area (Å²) < 4.78 is 0. The van der Waals surface area contributed by atoms with Crippen LogP contribution in [0.25, 0.3) is 10.9 Å². The predicted octanol–water partition coefficient (Wildman–Crippen LogP) is 1.82. The van der Waals surface area contributed by atoms with Gasteiger partial charge in [-0.3, -0.25) is 4.79 Å². The molecule has 0 bridgehead atoms. The van der Waals surface area contributed by atoms with Crippen LogP contribution in [-0.2, 0) is 17.8 Å². The van der Waals surface area contributed by atoms with E-state index in [2.05, 4.69) is 11.1 Å². The molecule has 1 aliphatic heterocycles. The standard InChI is InChI=1S/C15H18N2O2/c1-2-15(19)17-8-14-12(7-10(17)9-18)11-5-3-4-6-13(11)16-14/h3-6,10,16,18H,2,7-9H2,1H3. The molecule has 0 saturated carbocycles. The van der Waals surface area contributed by atoms with Gasteiger partial charge in [-0.05, 0) is 18.1 Å². The van der Waals surface area contributed by atoms with Gasteiger partial charge < -0.3 is 15.0 Å². The molecule has 100 valence electrons. The van der Waals surface area contributed by atoms with Gasteiger partial charge in [0.15, 0.2) is 0 Å². The van der Waals surface area contributed by atoms with Crippen LogP contribution in [0.1, 0.15) is 24.6 Å². The summed E-state index contributed by atoms with van der Waals surface area (Å²) in [4.78, 5) is 17.1. The third kappa shape index (κ3) is 1.92. The van der Waals surface area contributed by atoms with E-state index in [4.69, 9.17) is 0 Å². The van der Waals surface area contributed by atoms with Crippen molar-refractivity contribution in [2.75, 3.05) is 6.61 Å². The number of amides is 1. The quantitative estimate of drug-likeness (QED) is 0.863. The summed E-state index contributed by atoms with van der Waals surface area (Å²) in [5, 5.41) is 10.7. The number of aromatic nitrogens is 1. The molecule has 1 unspecified atom stereocenters. The molecule has 1 aromatic carbocycles. The highest BCUT2D eigenvalue weighted by Gasteiger charge is 2.30. The minimum absolute atomic E-state index is 0.0185. The molecule has 0 fully saturated rings. The lowest BCUT2D eigenvalue weighted by Gasteiger charge is -2.34. The molecule has 19 heavy (non-hydrogen) atoms. The Kier molecular flexibility index (Phi) is 3.03. The monoisotopic (exact) mass is 258 g/mol. The third-order valence-corrected chi connectivity index (χ3v) is 3.94. The zero-order valence-electron chi connectivity index (χ0n) is 11.0. The Morgan fingerprint density at radius 3 is 3.00 bits per heavy atom. The molecule has 4 nitrogen and oxygen atoms in total. The van der Waals surface area contributed by atoms with Crippen molar-refractivity contribution in [3.8, 4) is 0 Å². The van der Waals surface area contributed by atoms with E-state index in [9.17, 15) is 9.90 Å². The average Bonchev–Trinajstić information content (AvgIpc) is 2.82. The first-order chi connectivity index (χ1) is 9.24. The summed E-state index contributed by atoms with van der Waals surface area (Å²) in [6, 6.07) is 8.07. The summed E-state index contributed by atoms with van der Waals surface area (Å²) in [5.41, 5.74) is 3.46. The molecule has 1 aliphatic rings. The number of aliphatic hydroxyl groups is 1. The van der Waals surface area contributed by atoms with Gasteiger partial charge in [0.25, 0.3) is 0 Å². The van der Waals surface area contributed by atoms with Crippen LogP contribution in [-0.4, -0.2) is 33.5 Å². The molecule has 0 aliphatic carbocycles. The van der Waals surface area contributed by atoms with E-state index in [1.165, 1.54) is 10.9 Å². The van der Waals surface area contributed by atoms with Crippen LogP contribution in [0, 0.1) is 0 Å². The lowest BCUT2D eigenvalue weighted by Crippen LogP contribution is -2.45. The van der Waals surface area contributed by atoms with Crippen LogP contribution in [0.3, 0.4) is 0 Å². The lowest BCUT2D eigenvalue weighted by atomic mass is 9.97. The fourth-order valence-electron chi connectivity index (χ4n) is 2.93. The Morgan fingerprint density at radius 1 is 1.47 bits per heavy atom. The van der Waals surface area contributed by atoms with Crippen molar-refractivity contribution < 1.29 is 9.90 Å². The van der Waals surface area contributed by atoms with E-state index in [0.29, 0.717) is 13.0 Å². The first-order valence-corrected chi connectivity index (χ1v) is 6.73. The predicted molar refractivity (Wildman–Crippen MR) is 73.7 cm³/mol. The van der Waals surface area contributed by atoms with Gasteiger partial charge >= 0.3 is 0 Å². The molecule has 0 spiro atoms. The van der Waals surface area contributed by atoms with Crippen molar-refractivity contribution in [2.24, 2.45) is 0 Å². The molecular weight excluding hydrogens is 240 g/mol. The molecule has 2 aromatic rings. The van der Waals surface area contributed by atoms with Gasteiger partial charge in [-0.2, -0.15) is 0 Å². The molecule has 0 saturated heterocycles. The largest absolute Gasteiger partial charge is 0.394 e. The van der Waals surface area contributed by atoms with Crippen molar-refractivity contribution in [3.05, 3.63) is 35.5 Å². The second-order valence-corrected chi connectivity index (χ2v) is 5.04. The molecule has 1 atom stereocenters. The van der Waals surface area contributed by atoms with Crippen molar-refractivity contribution in [1.29, 1.82) is 0 Å². The Labute approximate surface area is 112 Å². The van der Waals surface area contributed by atoms with Crippen molar-refractivity contribution in [3.63, 3.8) is 0 Å². The van der Waals surface area contributed by atoms with Gasteiger partial charge in [0.2, 0.25) is 5.91 Å². The zero-order chi connectivity index (χ0) is 13.4. The number of hydrogen-bond donors (Lipinski definition) is 2. The highest BCUT2D eigenvalue weighted by atomic mass is 16.3. The van der Waals surface area contributed by atoms with Crippen LogP contribution in [0.15, 0.2) is 24.3 Å². The lowest BCUT2D eigenvalue weighted by molar-refractivity contribution is -0.135. The van der Waals surface area contributed by atoms with Crippen LogP contribution < -0.4 is 0 Å². The summed E-state index contributed by atoms with van der Waals surface area (Å²) in [7, 11) is 0. The second-order valence-electron chi connectivity index (χ2n) is 5.04. The number of hydrogen-bond acceptors (Lipinski definition) is 2.